The van der Waals surface area contributed by atoms with E-state index in [2.05, 4.69) is 10.4 Å². The summed E-state index contributed by atoms with van der Waals surface area (Å²) in [7, 11) is 0. The zero-order valence-electron chi connectivity index (χ0n) is 16.8. The molecule has 2 heterocycles. The first-order valence-electron chi connectivity index (χ1n) is 9.19. The molecule has 1 aliphatic rings. The Balaban J connectivity index is 2.28. The number of aromatic nitrogens is 2. The van der Waals surface area contributed by atoms with Crippen molar-refractivity contribution in [2.75, 3.05) is 6.54 Å². The first kappa shape index (κ1) is 22.9. The summed E-state index contributed by atoms with van der Waals surface area (Å²) in [5.74, 6) is -1.43. The molecule has 0 spiro atoms. The van der Waals surface area contributed by atoms with Crippen LogP contribution in [0.5, 0.6) is 0 Å². The van der Waals surface area contributed by atoms with E-state index in [1.54, 1.807) is 20.8 Å². The maximum absolute atomic E-state index is 13.8. The second-order valence-corrected chi connectivity index (χ2v) is 8.63. The molecule has 1 aromatic heterocycles. The van der Waals surface area contributed by atoms with Crippen LogP contribution in [0.15, 0.2) is 18.2 Å². The number of benzene rings is 1. The Morgan fingerprint density at radius 2 is 1.90 bits per heavy atom. The molecule has 1 unspecified atom stereocenters. The number of primary amides is 1. The van der Waals surface area contributed by atoms with Crippen LogP contribution in [0.2, 0.25) is 5.02 Å². The third-order valence-electron chi connectivity index (χ3n) is 4.64. The monoisotopic (exact) mass is 461 g/mol. The number of rotatable bonds is 2. The lowest BCUT2D eigenvalue weighted by Gasteiger charge is -2.34. The predicted octanol–water partition coefficient (Wildman–Crippen LogP) is 3.87. The first-order chi connectivity index (χ1) is 14.2. The van der Waals surface area contributed by atoms with Crippen LogP contribution in [0.3, 0.4) is 0 Å². The molecule has 1 aliphatic heterocycles. The lowest BCUT2D eigenvalue weighted by molar-refractivity contribution is -0.177. The summed E-state index contributed by atoms with van der Waals surface area (Å²) in [6.45, 7) is 3.99. The van der Waals surface area contributed by atoms with Crippen LogP contribution in [0.25, 0.3) is 11.3 Å². The van der Waals surface area contributed by atoms with E-state index in [9.17, 15) is 27.2 Å². The van der Waals surface area contributed by atoms with Crippen molar-refractivity contribution in [3.8, 4) is 11.3 Å². The van der Waals surface area contributed by atoms with Crippen LogP contribution in [0.1, 0.15) is 42.9 Å². The molecule has 0 fully saturated rings. The number of urea groups is 1. The largest absolute Gasteiger partial charge is 0.412 e. The predicted molar refractivity (Wildman–Crippen MR) is 105 cm³/mol. The minimum atomic E-state index is -4.77. The molecule has 0 aliphatic carbocycles. The maximum atomic E-state index is 13.8. The summed E-state index contributed by atoms with van der Waals surface area (Å²) in [5.41, 5.74) is 4.26. The van der Waals surface area contributed by atoms with Crippen molar-refractivity contribution < 1.29 is 27.2 Å². The van der Waals surface area contributed by atoms with Crippen molar-refractivity contribution in [1.82, 2.24) is 20.0 Å². The zero-order valence-corrected chi connectivity index (χ0v) is 17.6. The minimum Gasteiger partial charge on any atom is -0.351 e. The Kier molecular flexibility index (Phi) is 5.68. The van der Waals surface area contributed by atoms with Gasteiger partial charge in [-0.05, 0) is 39.0 Å². The number of carbonyl (C=O) groups is 2. The number of hydrogen-bond acceptors (Lipinski definition) is 3. The number of hydrogen-bond donors (Lipinski definition) is 2. The average molecular weight is 462 g/mol. The van der Waals surface area contributed by atoms with Gasteiger partial charge in [0.05, 0.1) is 29.4 Å². The van der Waals surface area contributed by atoms with Crippen molar-refractivity contribution in [2.45, 2.75) is 45.1 Å². The fourth-order valence-electron chi connectivity index (χ4n) is 3.31. The Bertz CT molecular complexity index is 1050. The topological polar surface area (TPSA) is 93.2 Å². The normalized spacial score (nSPS) is 16.8. The summed E-state index contributed by atoms with van der Waals surface area (Å²) in [4.78, 5) is 25.6. The molecule has 12 heteroatoms. The second kappa shape index (κ2) is 7.70. The maximum Gasteiger partial charge on any atom is 0.412 e. The summed E-state index contributed by atoms with van der Waals surface area (Å²) in [5, 5.41) is 6.47. The van der Waals surface area contributed by atoms with Crippen LogP contribution in [-0.2, 0) is 6.54 Å². The average Bonchev–Trinajstić information content (AvgIpc) is 3.00. The van der Waals surface area contributed by atoms with Crippen molar-refractivity contribution >= 4 is 23.5 Å². The Hall–Kier alpha value is -2.82. The molecule has 168 valence electrons. The molecule has 31 heavy (non-hydrogen) atoms. The van der Waals surface area contributed by atoms with Crippen molar-refractivity contribution in [3.05, 3.63) is 40.3 Å². The molecule has 3 rings (SSSR count). The van der Waals surface area contributed by atoms with E-state index in [4.69, 9.17) is 17.3 Å². The molecule has 0 bridgehead atoms. The SMILES string of the molecule is CC(C)(C)NC(=O)c1c(-c2ccc(F)c(Cl)c2)nn2c1CN(C(N)=O)CC2C(F)(F)F. The highest BCUT2D eigenvalue weighted by Crippen LogP contribution is 2.39. The van der Waals surface area contributed by atoms with Gasteiger partial charge in [-0.3, -0.25) is 9.48 Å². The molecule has 0 saturated heterocycles. The van der Waals surface area contributed by atoms with Gasteiger partial charge in [-0.25, -0.2) is 9.18 Å². The third kappa shape index (κ3) is 4.60. The highest BCUT2D eigenvalue weighted by Gasteiger charge is 2.48. The van der Waals surface area contributed by atoms with E-state index in [0.717, 1.165) is 11.0 Å². The molecule has 1 aromatic carbocycles. The van der Waals surface area contributed by atoms with E-state index in [1.165, 1.54) is 12.1 Å². The van der Waals surface area contributed by atoms with Crippen LogP contribution in [0.4, 0.5) is 22.4 Å². The lowest BCUT2D eigenvalue weighted by atomic mass is 10.0. The Morgan fingerprint density at radius 1 is 1.26 bits per heavy atom. The van der Waals surface area contributed by atoms with Crippen LogP contribution < -0.4 is 11.1 Å². The number of amides is 3. The van der Waals surface area contributed by atoms with Crippen molar-refractivity contribution in [2.24, 2.45) is 5.73 Å². The molecular weight excluding hydrogens is 442 g/mol. The molecule has 7 nitrogen and oxygen atoms in total. The number of carbonyl (C=O) groups excluding carboxylic acids is 2. The van der Waals surface area contributed by atoms with Gasteiger partial charge in [0.1, 0.15) is 11.5 Å². The van der Waals surface area contributed by atoms with Gasteiger partial charge in [0.25, 0.3) is 5.91 Å². The third-order valence-corrected chi connectivity index (χ3v) is 4.93. The molecule has 3 N–H and O–H groups in total. The van der Waals surface area contributed by atoms with Gasteiger partial charge in [0, 0.05) is 11.1 Å². The summed E-state index contributed by atoms with van der Waals surface area (Å²) in [6.07, 6.45) is -4.77. The molecule has 2 aromatic rings. The van der Waals surface area contributed by atoms with Gasteiger partial charge < -0.3 is 16.0 Å². The van der Waals surface area contributed by atoms with Gasteiger partial charge in [0.2, 0.25) is 0 Å². The van der Waals surface area contributed by atoms with E-state index in [1.807, 2.05) is 0 Å². The fourth-order valence-corrected chi connectivity index (χ4v) is 3.49. The summed E-state index contributed by atoms with van der Waals surface area (Å²) < 4.78 is 55.7. The van der Waals surface area contributed by atoms with Crippen LogP contribution in [-0.4, -0.2) is 44.9 Å². The van der Waals surface area contributed by atoms with Gasteiger partial charge in [-0.1, -0.05) is 11.6 Å². The van der Waals surface area contributed by atoms with Crippen LogP contribution in [0, 0.1) is 5.82 Å². The molecular formula is C19H20ClF4N5O2. The first-order valence-corrected chi connectivity index (χ1v) is 9.57. The van der Waals surface area contributed by atoms with Gasteiger partial charge in [0.15, 0.2) is 6.04 Å². The van der Waals surface area contributed by atoms with E-state index in [0.29, 0.717) is 4.68 Å². The van der Waals surface area contributed by atoms with Gasteiger partial charge >= 0.3 is 12.2 Å². The zero-order chi connectivity index (χ0) is 23.3. The van der Waals surface area contributed by atoms with Crippen LogP contribution >= 0.6 is 11.6 Å². The molecule has 3 amide bonds. The lowest BCUT2D eigenvalue weighted by Crippen LogP contribution is -2.49. The van der Waals surface area contributed by atoms with E-state index < -0.39 is 42.1 Å². The Labute approximate surface area is 180 Å². The summed E-state index contributed by atoms with van der Waals surface area (Å²) in [6, 6.07) is 0.189. The van der Waals surface area contributed by atoms with Gasteiger partial charge in [-0.2, -0.15) is 18.3 Å². The van der Waals surface area contributed by atoms with E-state index in [-0.39, 0.29) is 34.1 Å². The number of nitrogens with zero attached hydrogens (tertiary/aromatic N) is 3. The fraction of sp³-hybridized carbons (Fsp3) is 0.421. The number of halogens is 5. The highest BCUT2D eigenvalue weighted by molar-refractivity contribution is 6.31. The number of alkyl halides is 3. The Morgan fingerprint density at radius 3 is 2.42 bits per heavy atom. The molecule has 0 saturated carbocycles. The standard InChI is InChI=1S/C19H20ClF4N5O2/c1-18(2,3)26-16(30)14-12-7-28(17(25)31)8-13(19(22,23)24)29(12)27-15(14)9-4-5-11(21)10(20)6-9/h4-6,13H,7-8H2,1-3H3,(H2,25,31)(H,26,30). The highest BCUT2D eigenvalue weighted by atomic mass is 35.5. The smallest absolute Gasteiger partial charge is 0.351 e. The van der Waals surface area contributed by atoms with Gasteiger partial charge in [-0.15, -0.1) is 0 Å². The number of nitrogens with one attached hydrogen (secondary N) is 1. The minimum absolute atomic E-state index is 0.112. The number of fused-ring (bicyclic) bond motifs is 1. The second-order valence-electron chi connectivity index (χ2n) is 8.22. The summed E-state index contributed by atoms with van der Waals surface area (Å²) >= 11 is 5.84. The molecule has 1 atom stereocenters. The molecule has 0 radical (unpaired) electrons. The van der Waals surface area contributed by atoms with Crippen molar-refractivity contribution in [3.63, 3.8) is 0 Å². The van der Waals surface area contributed by atoms with Crippen molar-refractivity contribution in [1.29, 1.82) is 0 Å². The number of nitrogens with two attached hydrogens (primary N) is 1. The quantitative estimate of drug-likeness (QED) is 0.665. The van der Waals surface area contributed by atoms with E-state index >= 15 is 0 Å².